The molecular formula is C23H27N3O2. The molecule has 146 valence electrons. The number of amides is 3. The number of para-hydroxylation sites is 1. The van der Waals surface area contributed by atoms with E-state index >= 15 is 0 Å². The van der Waals surface area contributed by atoms with E-state index in [-0.39, 0.29) is 18.0 Å². The Balaban J connectivity index is 1.22. The number of fused-ring (bicyclic) bond motifs is 1. The number of benzene rings is 2. The van der Waals surface area contributed by atoms with Crippen LogP contribution in [0.5, 0.6) is 0 Å². The van der Waals surface area contributed by atoms with Gasteiger partial charge in [-0.25, -0.2) is 4.79 Å². The predicted molar refractivity (Wildman–Crippen MR) is 110 cm³/mol. The Morgan fingerprint density at radius 2 is 1.64 bits per heavy atom. The zero-order valence-electron chi connectivity index (χ0n) is 16.1. The third-order valence-electron chi connectivity index (χ3n) is 5.86. The first-order chi connectivity index (χ1) is 13.7. The van der Waals surface area contributed by atoms with Crippen molar-refractivity contribution < 1.29 is 9.59 Å². The van der Waals surface area contributed by atoms with E-state index < -0.39 is 0 Å². The topological polar surface area (TPSA) is 61.4 Å². The van der Waals surface area contributed by atoms with Gasteiger partial charge in [0.2, 0.25) is 5.91 Å². The molecule has 0 bridgehead atoms. The lowest BCUT2D eigenvalue weighted by Crippen LogP contribution is -2.47. The first-order valence-corrected chi connectivity index (χ1v) is 10.2. The zero-order chi connectivity index (χ0) is 19.3. The van der Waals surface area contributed by atoms with Crippen molar-refractivity contribution in [3.05, 3.63) is 65.7 Å². The highest BCUT2D eigenvalue weighted by Crippen LogP contribution is 2.35. The fourth-order valence-electron chi connectivity index (χ4n) is 4.32. The van der Waals surface area contributed by atoms with E-state index in [9.17, 15) is 9.59 Å². The molecule has 2 aromatic carbocycles. The molecule has 1 saturated heterocycles. The molecule has 1 fully saturated rings. The Morgan fingerprint density at radius 3 is 2.43 bits per heavy atom. The number of likely N-dealkylation sites (tertiary alicyclic amines) is 1. The van der Waals surface area contributed by atoms with Crippen molar-refractivity contribution in [1.82, 2.24) is 10.2 Å². The standard InChI is InChI=1S/C23H27N3O2/c27-22(16-18-11-10-17-6-4-5-9-21(17)18)24-20-12-14-26(15-13-20)23(28)25-19-7-2-1-3-8-19/h1-9,18,20H,10-16H2,(H,24,27)(H,25,28). The van der Waals surface area contributed by atoms with Gasteiger partial charge in [0.15, 0.2) is 0 Å². The summed E-state index contributed by atoms with van der Waals surface area (Å²) in [7, 11) is 0. The number of aryl methyl sites for hydroxylation is 1. The maximum Gasteiger partial charge on any atom is 0.321 e. The summed E-state index contributed by atoms with van der Waals surface area (Å²) in [5.74, 6) is 0.474. The van der Waals surface area contributed by atoms with Crippen LogP contribution < -0.4 is 10.6 Å². The monoisotopic (exact) mass is 377 g/mol. The van der Waals surface area contributed by atoms with Crippen LogP contribution in [0.15, 0.2) is 54.6 Å². The predicted octanol–water partition coefficient (Wildman–Crippen LogP) is 3.92. The van der Waals surface area contributed by atoms with Crippen LogP contribution in [0.25, 0.3) is 0 Å². The average Bonchev–Trinajstić information content (AvgIpc) is 3.12. The highest BCUT2D eigenvalue weighted by Gasteiger charge is 2.27. The van der Waals surface area contributed by atoms with Crippen LogP contribution in [0.4, 0.5) is 10.5 Å². The van der Waals surface area contributed by atoms with E-state index in [1.807, 2.05) is 35.2 Å². The van der Waals surface area contributed by atoms with Gasteiger partial charge in [-0.3, -0.25) is 4.79 Å². The van der Waals surface area contributed by atoms with Gasteiger partial charge in [-0.15, -0.1) is 0 Å². The molecule has 1 aliphatic carbocycles. The summed E-state index contributed by atoms with van der Waals surface area (Å²) in [6.07, 6.45) is 4.30. The molecule has 2 aromatic rings. The second kappa shape index (κ2) is 8.46. The number of rotatable bonds is 4. The van der Waals surface area contributed by atoms with Crippen LogP contribution >= 0.6 is 0 Å². The summed E-state index contributed by atoms with van der Waals surface area (Å²) in [6, 6.07) is 18.0. The first kappa shape index (κ1) is 18.5. The van der Waals surface area contributed by atoms with E-state index in [4.69, 9.17) is 0 Å². The molecule has 1 unspecified atom stereocenters. The van der Waals surface area contributed by atoms with Gasteiger partial charge < -0.3 is 15.5 Å². The van der Waals surface area contributed by atoms with E-state index in [1.165, 1.54) is 11.1 Å². The molecule has 0 aromatic heterocycles. The number of carbonyl (C=O) groups excluding carboxylic acids is 2. The first-order valence-electron chi connectivity index (χ1n) is 10.2. The Hall–Kier alpha value is -2.82. The molecule has 2 aliphatic rings. The Kier molecular flexibility index (Phi) is 5.60. The number of piperidine rings is 1. The number of carbonyl (C=O) groups is 2. The molecule has 1 aliphatic heterocycles. The van der Waals surface area contributed by atoms with Crippen molar-refractivity contribution in [3.8, 4) is 0 Å². The second-order valence-corrected chi connectivity index (χ2v) is 7.76. The molecule has 0 spiro atoms. The average molecular weight is 377 g/mol. The Morgan fingerprint density at radius 1 is 0.929 bits per heavy atom. The van der Waals surface area contributed by atoms with Gasteiger partial charge in [0.25, 0.3) is 0 Å². The van der Waals surface area contributed by atoms with Crippen LogP contribution in [0.1, 0.15) is 42.7 Å². The largest absolute Gasteiger partial charge is 0.353 e. The van der Waals surface area contributed by atoms with Gasteiger partial charge >= 0.3 is 6.03 Å². The molecule has 5 nitrogen and oxygen atoms in total. The smallest absolute Gasteiger partial charge is 0.321 e. The number of nitrogens with one attached hydrogen (secondary N) is 2. The number of urea groups is 1. The van der Waals surface area contributed by atoms with E-state index in [0.29, 0.717) is 25.4 Å². The SMILES string of the molecule is O=C(CC1CCc2ccccc21)NC1CCN(C(=O)Nc2ccccc2)CC1. The maximum absolute atomic E-state index is 12.5. The summed E-state index contributed by atoms with van der Waals surface area (Å²) in [5.41, 5.74) is 3.53. The Labute approximate surface area is 166 Å². The highest BCUT2D eigenvalue weighted by molar-refractivity contribution is 5.89. The van der Waals surface area contributed by atoms with Crippen molar-refractivity contribution in [1.29, 1.82) is 0 Å². The van der Waals surface area contributed by atoms with E-state index in [2.05, 4.69) is 34.9 Å². The minimum Gasteiger partial charge on any atom is -0.353 e. The molecule has 28 heavy (non-hydrogen) atoms. The van der Waals surface area contributed by atoms with E-state index in [0.717, 1.165) is 31.4 Å². The zero-order valence-corrected chi connectivity index (χ0v) is 16.1. The summed E-state index contributed by atoms with van der Waals surface area (Å²) < 4.78 is 0. The number of anilines is 1. The summed E-state index contributed by atoms with van der Waals surface area (Å²) in [5, 5.41) is 6.11. The van der Waals surface area contributed by atoms with Gasteiger partial charge in [0, 0.05) is 31.2 Å². The fraction of sp³-hybridized carbons (Fsp3) is 0.391. The van der Waals surface area contributed by atoms with Gasteiger partial charge in [-0.1, -0.05) is 42.5 Å². The van der Waals surface area contributed by atoms with Gasteiger partial charge in [-0.05, 0) is 54.9 Å². The van der Waals surface area contributed by atoms with Gasteiger partial charge in [0.05, 0.1) is 0 Å². The minimum atomic E-state index is -0.0708. The number of hydrogen-bond acceptors (Lipinski definition) is 2. The van der Waals surface area contributed by atoms with Crippen LogP contribution in [0, 0.1) is 0 Å². The van der Waals surface area contributed by atoms with Gasteiger partial charge in [0.1, 0.15) is 0 Å². The second-order valence-electron chi connectivity index (χ2n) is 7.76. The van der Waals surface area contributed by atoms with Gasteiger partial charge in [-0.2, -0.15) is 0 Å². The molecule has 1 atom stereocenters. The minimum absolute atomic E-state index is 0.0708. The van der Waals surface area contributed by atoms with Crippen molar-refractivity contribution in [2.75, 3.05) is 18.4 Å². The summed E-state index contributed by atoms with van der Waals surface area (Å²) in [6.45, 7) is 1.33. The van der Waals surface area contributed by atoms with Crippen molar-refractivity contribution >= 4 is 17.6 Å². The van der Waals surface area contributed by atoms with Crippen molar-refractivity contribution in [2.45, 2.75) is 44.1 Å². The highest BCUT2D eigenvalue weighted by atomic mass is 16.2. The molecule has 0 saturated carbocycles. The molecule has 0 radical (unpaired) electrons. The number of hydrogen-bond donors (Lipinski definition) is 2. The lowest BCUT2D eigenvalue weighted by Gasteiger charge is -2.32. The maximum atomic E-state index is 12.5. The van der Waals surface area contributed by atoms with E-state index in [1.54, 1.807) is 0 Å². The molecular weight excluding hydrogens is 350 g/mol. The third-order valence-corrected chi connectivity index (χ3v) is 5.86. The van der Waals surface area contributed by atoms with Crippen LogP contribution in [0.3, 0.4) is 0 Å². The quantitative estimate of drug-likeness (QED) is 0.848. The fourth-order valence-corrected chi connectivity index (χ4v) is 4.32. The molecule has 1 heterocycles. The third kappa shape index (κ3) is 4.35. The molecule has 4 rings (SSSR count). The van der Waals surface area contributed by atoms with Crippen molar-refractivity contribution in [2.24, 2.45) is 0 Å². The normalized spacial score (nSPS) is 19.1. The van der Waals surface area contributed by atoms with Crippen LogP contribution in [0.2, 0.25) is 0 Å². The lowest BCUT2D eigenvalue weighted by molar-refractivity contribution is -0.122. The Bertz CT molecular complexity index is 829. The molecule has 2 N–H and O–H groups in total. The summed E-state index contributed by atoms with van der Waals surface area (Å²) >= 11 is 0. The van der Waals surface area contributed by atoms with Crippen LogP contribution in [-0.4, -0.2) is 36.0 Å². The van der Waals surface area contributed by atoms with Crippen LogP contribution in [-0.2, 0) is 11.2 Å². The summed E-state index contributed by atoms with van der Waals surface area (Å²) in [4.78, 5) is 26.7. The molecule has 5 heteroatoms. The number of nitrogens with zero attached hydrogens (tertiary/aromatic N) is 1. The molecule has 3 amide bonds. The lowest BCUT2D eigenvalue weighted by atomic mass is 9.97. The van der Waals surface area contributed by atoms with Crippen molar-refractivity contribution in [3.63, 3.8) is 0 Å².